The van der Waals surface area contributed by atoms with Crippen molar-refractivity contribution in [3.8, 4) is 0 Å². The molecule has 0 aromatic carbocycles. The topological polar surface area (TPSA) is 165 Å². The van der Waals surface area contributed by atoms with Gasteiger partial charge in [0.1, 0.15) is 6.61 Å². The molecule has 0 amide bonds. The third-order valence-electron chi connectivity index (χ3n) is 2.32. The van der Waals surface area contributed by atoms with Gasteiger partial charge in [-0.15, -0.1) is 0 Å². The van der Waals surface area contributed by atoms with Crippen LogP contribution in [0, 0.1) is 5.41 Å². The molecule has 0 bridgehead atoms. The summed E-state index contributed by atoms with van der Waals surface area (Å²) in [6.45, 7) is -2.71. The predicted octanol–water partition coefficient (Wildman–Crippen LogP) is -3.70. The molecule has 0 aromatic heterocycles. The minimum absolute atomic E-state index is 0.640. The third-order valence-corrected chi connectivity index (χ3v) is 2.32. The molecule has 0 aliphatic rings. The average Bonchev–Trinajstić information content (AvgIpc) is 2.38. The fourth-order valence-corrected chi connectivity index (χ4v) is 0.860. The van der Waals surface area contributed by atoms with Crippen LogP contribution in [-0.4, -0.2) is 81.2 Å². The first-order valence-electron chi connectivity index (χ1n) is 4.91. The summed E-state index contributed by atoms with van der Waals surface area (Å²) in [4.78, 5) is 21.4. The molecule has 0 saturated heterocycles. The fraction of sp³-hybridized carbons (Fsp3) is 0.778. The van der Waals surface area contributed by atoms with Gasteiger partial charge < -0.3 is 35.4 Å². The number of esters is 1. The molecule has 18 heavy (non-hydrogen) atoms. The summed E-state index contributed by atoms with van der Waals surface area (Å²) in [5.74, 6) is -3.25. The number of aliphatic hydroxyl groups excluding tert-OH is 5. The van der Waals surface area contributed by atoms with E-state index in [2.05, 4.69) is 4.74 Å². The van der Waals surface area contributed by atoms with Crippen LogP contribution in [0.2, 0.25) is 0 Å². The van der Waals surface area contributed by atoms with Gasteiger partial charge in [-0.25, -0.2) is 9.59 Å². The molecule has 2 unspecified atom stereocenters. The van der Waals surface area contributed by atoms with Crippen molar-refractivity contribution >= 4 is 11.9 Å². The highest BCUT2D eigenvalue weighted by atomic mass is 16.6. The molecule has 0 aliphatic heterocycles. The lowest BCUT2D eigenvalue weighted by Crippen LogP contribution is -2.44. The van der Waals surface area contributed by atoms with E-state index in [1.54, 1.807) is 0 Å². The van der Waals surface area contributed by atoms with Gasteiger partial charge in [-0.1, -0.05) is 0 Å². The lowest BCUT2D eigenvalue weighted by atomic mass is 9.92. The zero-order chi connectivity index (χ0) is 14.3. The van der Waals surface area contributed by atoms with Gasteiger partial charge in [0, 0.05) is 0 Å². The maximum absolute atomic E-state index is 11.1. The van der Waals surface area contributed by atoms with Crippen LogP contribution in [0.1, 0.15) is 0 Å². The van der Waals surface area contributed by atoms with Gasteiger partial charge in [-0.2, -0.15) is 0 Å². The van der Waals surface area contributed by atoms with Gasteiger partial charge >= 0.3 is 11.9 Å². The molecule has 2 atom stereocenters. The van der Waals surface area contributed by atoms with Gasteiger partial charge in [0.2, 0.25) is 0 Å². The number of carbonyl (C=O) groups excluding carboxylic acids is 1. The van der Waals surface area contributed by atoms with Gasteiger partial charge in [0.25, 0.3) is 0 Å². The van der Waals surface area contributed by atoms with Crippen LogP contribution in [0.25, 0.3) is 0 Å². The van der Waals surface area contributed by atoms with Crippen molar-refractivity contribution in [2.24, 2.45) is 5.41 Å². The van der Waals surface area contributed by atoms with Crippen LogP contribution in [-0.2, 0) is 14.3 Å². The minimum Gasteiger partial charge on any atom is -0.479 e. The lowest BCUT2D eigenvalue weighted by Gasteiger charge is -2.27. The second-order valence-corrected chi connectivity index (χ2v) is 3.81. The van der Waals surface area contributed by atoms with Gasteiger partial charge in [0.15, 0.2) is 12.2 Å². The van der Waals surface area contributed by atoms with Crippen LogP contribution in [0.3, 0.4) is 0 Å². The van der Waals surface area contributed by atoms with Crippen molar-refractivity contribution in [1.82, 2.24) is 0 Å². The zero-order valence-corrected chi connectivity index (χ0v) is 9.39. The second-order valence-electron chi connectivity index (χ2n) is 3.81. The molecule has 0 saturated carbocycles. The Bertz CT molecular complexity index is 277. The number of hydrogen-bond acceptors (Lipinski definition) is 8. The Morgan fingerprint density at radius 2 is 1.44 bits per heavy atom. The van der Waals surface area contributed by atoms with E-state index in [0.717, 1.165) is 0 Å². The second kappa shape index (κ2) is 7.24. The lowest BCUT2D eigenvalue weighted by molar-refractivity contribution is -0.174. The molecule has 106 valence electrons. The van der Waals surface area contributed by atoms with Gasteiger partial charge in [0.05, 0.1) is 25.2 Å². The van der Waals surface area contributed by atoms with E-state index < -0.39 is 56.0 Å². The number of carbonyl (C=O) groups is 2. The van der Waals surface area contributed by atoms with E-state index in [0.29, 0.717) is 0 Å². The Balaban J connectivity index is 4.45. The van der Waals surface area contributed by atoms with Crippen molar-refractivity contribution in [3.63, 3.8) is 0 Å². The number of carboxylic acids is 1. The number of aliphatic carboxylic acids is 1. The quantitative estimate of drug-likeness (QED) is 0.243. The molecule has 9 nitrogen and oxygen atoms in total. The summed E-state index contributed by atoms with van der Waals surface area (Å²) in [5, 5.41) is 53.0. The van der Waals surface area contributed by atoms with Crippen LogP contribution in [0.4, 0.5) is 0 Å². The van der Waals surface area contributed by atoms with Crippen LogP contribution >= 0.6 is 0 Å². The van der Waals surface area contributed by atoms with Crippen molar-refractivity contribution < 1.29 is 45.0 Å². The number of carboxylic acid groups (broad SMARTS) is 1. The minimum atomic E-state index is -2.34. The summed E-state index contributed by atoms with van der Waals surface area (Å²) in [6.07, 6.45) is -4.64. The number of ether oxygens (including phenoxy) is 1. The third kappa shape index (κ3) is 4.20. The monoisotopic (exact) mass is 268 g/mol. The van der Waals surface area contributed by atoms with Crippen molar-refractivity contribution in [2.45, 2.75) is 12.2 Å². The molecule has 0 rings (SSSR count). The molecule has 9 heteroatoms. The normalized spacial score (nSPS) is 14.9. The molecule has 0 aliphatic carbocycles. The van der Waals surface area contributed by atoms with Gasteiger partial charge in [-0.3, -0.25) is 0 Å². The zero-order valence-electron chi connectivity index (χ0n) is 9.39. The van der Waals surface area contributed by atoms with Crippen LogP contribution < -0.4 is 0 Å². The van der Waals surface area contributed by atoms with E-state index >= 15 is 0 Å². The largest absolute Gasteiger partial charge is 0.479 e. The molecule has 0 aromatic rings. The van der Waals surface area contributed by atoms with E-state index in [-0.39, 0.29) is 0 Å². The summed E-state index contributed by atoms with van der Waals surface area (Å²) in [6, 6.07) is 0. The van der Waals surface area contributed by atoms with E-state index in [9.17, 15) is 9.59 Å². The average molecular weight is 268 g/mol. The number of rotatable bonds is 8. The first-order valence-corrected chi connectivity index (χ1v) is 4.91. The summed E-state index contributed by atoms with van der Waals surface area (Å²) >= 11 is 0. The molecule has 0 radical (unpaired) electrons. The maximum atomic E-state index is 11.1. The summed E-state index contributed by atoms with van der Waals surface area (Å²) in [7, 11) is 0. The number of aliphatic hydroxyl groups is 5. The SMILES string of the molecule is O=C(O)C(O)C(O)C(=O)OCC(CO)(CO)CO. The summed E-state index contributed by atoms with van der Waals surface area (Å²) < 4.78 is 4.42. The van der Waals surface area contributed by atoms with Crippen LogP contribution in [0.5, 0.6) is 0 Å². The molecule has 0 spiro atoms. The highest BCUT2D eigenvalue weighted by Gasteiger charge is 2.35. The smallest absolute Gasteiger partial charge is 0.338 e. The van der Waals surface area contributed by atoms with Crippen LogP contribution in [0.15, 0.2) is 0 Å². The van der Waals surface area contributed by atoms with Crippen molar-refractivity contribution in [2.75, 3.05) is 26.4 Å². The van der Waals surface area contributed by atoms with Crippen molar-refractivity contribution in [1.29, 1.82) is 0 Å². The first-order chi connectivity index (χ1) is 8.33. The molecular weight excluding hydrogens is 252 g/mol. The van der Waals surface area contributed by atoms with Gasteiger partial charge in [-0.05, 0) is 0 Å². The van der Waals surface area contributed by atoms with E-state index in [1.165, 1.54) is 0 Å². The molecule has 0 heterocycles. The first kappa shape index (κ1) is 16.7. The Morgan fingerprint density at radius 3 is 1.78 bits per heavy atom. The maximum Gasteiger partial charge on any atom is 0.338 e. The molecule has 0 fully saturated rings. The number of hydrogen-bond donors (Lipinski definition) is 6. The van der Waals surface area contributed by atoms with E-state index in [4.69, 9.17) is 30.6 Å². The molecular formula is C9H16O9. The Hall–Kier alpha value is -1.26. The summed E-state index contributed by atoms with van der Waals surface area (Å²) in [5.41, 5.74) is -1.50. The Kier molecular flexibility index (Phi) is 6.73. The predicted molar refractivity (Wildman–Crippen MR) is 54.3 cm³/mol. The Morgan fingerprint density at radius 1 is 1.00 bits per heavy atom. The standard InChI is InChI=1S/C9H16O9/c10-1-9(2-11,3-12)4-18-8(17)6(14)5(13)7(15)16/h5-6,10-14H,1-4H2,(H,15,16). The van der Waals surface area contributed by atoms with E-state index in [1.807, 2.05) is 0 Å². The molecule has 6 N–H and O–H groups in total. The highest BCUT2D eigenvalue weighted by Crippen LogP contribution is 2.15. The Labute approximate surface area is 102 Å². The highest BCUT2D eigenvalue weighted by molar-refractivity contribution is 5.84. The van der Waals surface area contributed by atoms with Crippen molar-refractivity contribution in [3.05, 3.63) is 0 Å². The fourth-order valence-electron chi connectivity index (χ4n) is 0.860.